The molecule has 0 saturated heterocycles. The molecule has 1 fully saturated rings. The van der Waals surface area contributed by atoms with Crippen molar-refractivity contribution in [2.24, 2.45) is 0 Å². The van der Waals surface area contributed by atoms with Crippen LogP contribution in [0.15, 0.2) is 42.9 Å². The van der Waals surface area contributed by atoms with Gasteiger partial charge in [0.1, 0.15) is 6.10 Å². The number of para-hydroxylation sites is 1. The second-order valence-corrected chi connectivity index (χ2v) is 6.50. The molecule has 3 aromatic rings. The fourth-order valence-corrected chi connectivity index (χ4v) is 3.36. The average Bonchev–Trinajstić information content (AvgIpc) is 3.09. The number of hydrogen-bond donors (Lipinski definition) is 2. The minimum atomic E-state index is -0.485. The van der Waals surface area contributed by atoms with Crippen molar-refractivity contribution in [3.05, 3.63) is 54.2 Å². The maximum Gasteiger partial charge on any atom is 0.316 e. The molecule has 1 aromatic carbocycles. The first kappa shape index (κ1) is 16.5. The van der Waals surface area contributed by atoms with E-state index in [9.17, 15) is 9.18 Å². The van der Waals surface area contributed by atoms with Gasteiger partial charge in [-0.05, 0) is 31.7 Å². The van der Waals surface area contributed by atoms with Gasteiger partial charge in [0.15, 0.2) is 5.82 Å². The van der Waals surface area contributed by atoms with Crippen molar-refractivity contribution in [2.45, 2.75) is 37.8 Å². The van der Waals surface area contributed by atoms with Gasteiger partial charge in [0.05, 0.1) is 18.0 Å². The molecule has 0 radical (unpaired) electrons. The third-order valence-electron chi connectivity index (χ3n) is 4.71. The first-order chi connectivity index (χ1) is 12.7. The first-order valence-electron chi connectivity index (χ1n) is 8.70. The topological polar surface area (TPSA) is 79.9 Å². The number of halogens is 1. The molecule has 0 aliphatic heterocycles. The van der Waals surface area contributed by atoms with E-state index in [1.807, 2.05) is 24.3 Å². The van der Waals surface area contributed by atoms with Crippen molar-refractivity contribution in [2.75, 3.05) is 0 Å². The Kier molecular flexibility index (Phi) is 4.51. The van der Waals surface area contributed by atoms with E-state index in [0.717, 1.165) is 49.0 Å². The van der Waals surface area contributed by atoms with Gasteiger partial charge in [-0.2, -0.15) is 0 Å². The number of nitrogens with zero attached hydrogens (tertiary/aromatic N) is 2. The summed E-state index contributed by atoms with van der Waals surface area (Å²) in [6.45, 7) is 0. The summed E-state index contributed by atoms with van der Waals surface area (Å²) in [6.07, 6.45) is 7.14. The number of amides is 1. The average molecular weight is 354 g/mol. The Balaban J connectivity index is 1.32. The molecule has 0 bridgehead atoms. The summed E-state index contributed by atoms with van der Waals surface area (Å²) < 4.78 is 18.5. The molecule has 0 unspecified atom stereocenters. The van der Waals surface area contributed by atoms with Crippen molar-refractivity contribution >= 4 is 16.8 Å². The number of fused-ring (bicyclic) bond motifs is 1. The Morgan fingerprint density at radius 2 is 1.88 bits per heavy atom. The van der Waals surface area contributed by atoms with E-state index in [2.05, 4.69) is 20.3 Å². The van der Waals surface area contributed by atoms with Gasteiger partial charge < -0.3 is 15.0 Å². The number of carbonyl (C=O) groups excluding carboxylic acids is 1. The van der Waals surface area contributed by atoms with Gasteiger partial charge in [-0.15, -0.1) is 0 Å². The Morgan fingerprint density at radius 3 is 2.65 bits per heavy atom. The highest BCUT2D eigenvalue weighted by Crippen LogP contribution is 2.23. The van der Waals surface area contributed by atoms with E-state index in [1.165, 1.54) is 0 Å². The summed E-state index contributed by atoms with van der Waals surface area (Å²) in [5.41, 5.74) is 1.62. The van der Waals surface area contributed by atoms with Crippen LogP contribution in [0.5, 0.6) is 6.01 Å². The van der Waals surface area contributed by atoms with Gasteiger partial charge >= 0.3 is 6.01 Å². The third kappa shape index (κ3) is 3.51. The number of H-pyrrole nitrogens is 1. The minimum Gasteiger partial charge on any atom is -0.460 e. The van der Waals surface area contributed by atoms with Crippen molar-refractivity contribution in [1.29, 1.82) is 0 Å². The number of benzene rings is 1. The zero-order valence-electron chi connectivity index (χ0n) is 14.1. The lowest BCUT2D eigenvalue weighted by Crippen LogP contribution is -2.39. The summed E-state index contributed by atoms with van der Waals surface area (Å²) >= 11 is 0. The molecule has 1 saturated carbocycles. The third-order valence-corrected chi connectivity index (χ3v) is 4.71. The van der Waals surface area contributed by atoms with Crippen LogP contribution < -0.4 is 10.1 Å². The molecule has 2 aromatic heterocycles. The Morgan fingerprint density at radius 1 is 1.15 bits per heavy atom. The summed E-state index contributed by atoms with van der Waals surface area (Å²) in [5.74, 6) is -0.547. The zero-order valence-corrected chi connectivity index (χ0v) is 14.1. The fourth-order valence-electron chi connectivity index (χ4n) is 3.36. The van der Waals surface area contributed by atoms with Crippen molar-refractivity contribution in [3.63, 3.8) is 0 Å². The number of aromatic nitrogens is 3. The van der Waals surface area contributed by atoms with Crippen LogP contribution in [-0.2, 0) is 0 Å². The molecule has 0 atom stereocenters. The van der Waals surface area contributed by atoms with Crippen LogP contribution in [0.3, 0.4) is 0 Å². The first-order valence-corrected chi connectivity index (χ1v) is 8.70. The molecule has 1 aliphatic rings. The molecule has 4 rings (SSSR count). The number of hydrogen-bond acceptors (Lipinski definition) is 4. The van der Waals surface area contributed by atoms with Crippen LogP contribution in [-0.4, -0.2) is 33.0 Å². The van der Waals surface area contributed by atoms with Crippen LogP contribution in [0.4, 0.5) is 4.39 Å². The molecule has 26 heavy (non-hydrogen) atoms. The molecule has 134 valence electrons. The minimum absolute atomic E-state index is 0.0123. The second kappa shape index (κ2) is 7.11. The van der Waals surface area contributed by atoms with Crippen LogP contribution >= 0.6 is 0 Å². The molecule has 6 nitrogen and oxygen atoms in total. The SMILES string of the molecule is O=C(NC1CCC(Oc2ncc(F)cn2)CC1)c1c[nH]c2ccccc12. The molecule has 7 heteroatoms. The Labute approximate surface area is 149 Å². The molecular weight excluding hydrogens is 335 g/mol. The highest BCUT2D eigenvalue weighted by Gasteiger charge is 2.25. The van der Waals surface area contributed by atoms with E-state index in [4.69, 9.17) is 4.74 Å². The number of ether oxygens (including phenoxy) is 1. The Hall–Kier alpha value is -2.96. The second-order valence-electron chi connectivity index (χ2n) is 6.50. The smallest absolute Gasteiger partial charge is 0.316 e. The number of carbonyl (C=O) groups is 1. The van der Waals surface area contributed by atoms with Gasteiger partial charge in [-0.3, -0.25) is 4.79 Å². The highest BCUT2D eigenvalue weighted by molar-refractivity contribution is 6.06. The van der Waals surface area contributed by atoms with E-state index >= 15 is 0 Å². The summed E-state index contributed by atoms with van der Waals surface area (Å²) in [5, 5.41) is 4.04. The van der Waals surface area contributed by atoms with E-state index in [0.29, 0.717) is 5.56 Å². The monoisotopic (exact) mass is 354 g/mol. The molecular formula is C19H19FN4O2. The van der Waals surface area contributed by atoms with Gasteiger partial charge in [-0.1, -0.05) is 18.2 Å². The van der Waals surface area contributed by atoms with Crippen molar-refractivity contribution in [1.82, 2.24) is 20.3 Å². The Bertz CT molecular complexity index is 901. The van der Waals surface area contributed by atoms with E-state index in [-0.39, 0.29) is 24.1 Å². The van der Waals surface area contributed by atoms with Crippen LogP contribution in [0.2, 0.25) is 0 Å². The maximum absolute atomic E-state index is 12.8. The van der Waals surface area contributed by atoms with Gasteiger partial charge in [0.25, 0.3) is 5.91 Å². The maximum atomic E-state index is 12.8. The van der Waals surface area contributed by atoms with Gasteiger partial charge in [0.2, 0.25) is 0 Å². The van der Waals surface area contributed by atoms with Gasteiger partial charge in [-0.25, -0.2) is 14.4 Å². The molecule has 0 spiro atoms. The van der Waals surface area contributed by atoms with Gasteiger partial charge in [0, 0.05) is 23.1 Å². The fraction of sp³-hybridized carbons (Fsp3) is 0.316. The predicted octanol–water partition coefficient (Wildman–Crippen LogP) is 3.22. The normalized spacial score (nSPS) is 20.0. The van der Waals surface area contributed by atoms with Crippen LogP contribution in [0.25, 0.3) is 10.9 Å². The lowest BCUT2D eigenvalue weighted by atomic mass is 9.92. The largest absolute Gasteiger partial charge is 0.460 e. The number of nitrogens with one attached hydrogen (secondary N) is 2. The van der Waals surface area contributed by atoms with Crippen LogP contribution in [0, 0.1) is 5.82 Å². The number of rotatable bonds is 4. The highest BCUT2D eigenvalue weighted by atomic mass is 19.1. The zero-order chi connectivity index (χ0) is 17.9. The molecule has 1 amide bonds. The standard InChI is InChI=1S/C19H19FN4O2/c20-12-9-22-19(23-10-12)26-14-7-5-13(6-8-14)24-18(25)16-11-21-17-4-2-1-3-15(16)17/h1-4,9-11,13-14,21H,5-8H2,(H,24,25). The lowest BCUT2D eigenvalue weighted by molar-refractivity contribution is 0.0886. The number of aromatic amines is 1. The van der Waals surface area contributed by atoms with Crippen LogP contribution in [0.1, 0.15) is 36.0 Å². The molecule has 1 aliphatic carbocycles. The van der Waals surface area contributed by atoms with Crippen molar-refractivity contribution in [3.8, 4) is 6.01 Å². The summed E-state index contributed by atoms with van der Waals surface area (Å²) in [6, 6.07) is 8.06. The predicted molar refractivity (Wildman–Crippen MR) is 94.4 cm³/mol. The molecule has 2 heterocycles. The van der Waals surface area contributed by atoms with E-state index in [1.54, 1.807) is 6.20 Å². The van der Waals surface area contributed by atoms with E-state index < -0.39 is 5.82 Å². The lowest BCUT2D eigenvalue weighted by Gasteiger charge is -2.28. The molecule has 2 N–H and O–H groups in total. The van der Waals surface area contributed by atoms with Crippen molar-refractivity contribution < 1.29 is 13.9 Å². The summed E-state index contributed by atoms with van der Waals surface area (Å²) in [7, 11) is 0. The quantitative estimate of drug-likeness (QED) is 0.754. The summed E-state index contributed by atoms with van der Waals surface area (Å²) in [4.78, 5) is 23.3.